The van der Waals surface area contributed by atoms with Gasteiger partial charge in [-0.3, -0.25) is 9.36 Å². The molecule has 0 bridgehead atoms. The Labute approximate surface area is 107 Å². The van der Waals surface area contributed by atoms with Crippen LogP contribution in [0, 0.1) is 0 Å². The molecule has 0 atom stereocenters. The number of hydrogen-bond acceptors (Lipinski definition) is 5. The Morgan fingerprint density at radius 2 is 2.22 bits per heavy atom. The average molecular weight is 264 g/mol. The molecule has 0 aliphatic rings. The van der Waals surface area contributed by atoms with Gasteiger partial charge in [-0.25, -0.2) is 9.89 Å². The molecule has 18 heavy (non-hydrogen) atoms. The zero-order valence-electron chi connectivity index (χ0n) is 9.93. The van der Waals surface area contributed by atoms with Crippen LogP contribution in [0.2, 0.25) is 0 Å². The third-order valence-electron chi connectivity index (χ3n) is 2.45. The molecule has 0 aliphatic heterocycles. The fourth-order valence-electron chi connectivity index (χ4n) is 1.45. The summed E-state index contributed by atoms with van der Waals surface area (Å²) in [6.07, 6.45) is 0. The first kappa shape index (κ1) is 12.4. The molecule has 7 heteroatoms. The molecule has 1 aromatic carbocycles. The van der Waals surface area contributed by atoms with E-state index in [1.165, 1.54) is 23.3 Å². The van der Waals surface area contributed by atoms with Gasteiger partial charge in [0.2, 0.25) is 0 Å². The Morgan fingerprint density at radius 3 is 2.72 bits per heavy atom. The van der Waals surface area contributed by atoms with Crippen LogP contribution in [0.3, 0.4) is 0 Å². The first-order chi connectivity index (χ1) is 8.49. The largest absolute Gasteiger partial charge is 0.398 e. The molecule has 1 heterocycles. The minimum absolute atomic E-state index is 0.0729. The summed E-state index contributed by atoms with van der Waals surface area (Å²) in [7, 11) is 1.63. The van der Waals surface area contributed by atoms with Crippen LogP contribution in [0.1, 0.15) is 17.3 Å². The number of aromatic amines is 1. The van der Waals surface area contributed by atoms with Crippen molar-refractivity contribution < 1.29 is 4.79 Å². The third-order valence-corrected chi connectivity index (χ3v) is 3.49. The van der Waals surface area contributed by atoms with Gasteiger partial charge in [-0.05, 0) is 36.9 Å². The van der Waals surface area contributed by atoms with Crippen molar-refractivity contribution in [1.29, 1.82) is 0 Å². The van der Waals surface area contributed by atoms with Gasteiger partial charge in [-0.2, -0.15) is 0 Å². The summed E-state index contributed by atoms with van der Waals surface area (Å²) in [5.74, 6) is -0.0729. The highest BCUT2D eigenvalue weighted by Crippen LogP contribution is 2.27. The lowest BCUT2D eigenvalue weighted by Gasteiger charge is -2.05. The third kappa shape index (κ3) is 2.30. The van der Waals surface area contributed by atoms with Crippen LogP contribution in [0.15, 0.2) is 33.0 Å². The van der Waals surface area contributed by atoms with Crippen LogP contribution < -0.4 is 11.4 Å². The maximum absolute atomic E-state index is 11.2. The van der Waals surface area contributed by atoms with Crippen molar-refractivity contribution in [2.45, 2.75) is 17.0 Å². The number of aromatic nitrogens is 3. The molecule has 0 saturated carbocycles. The monoisotopic (exact) mass is 264 g/mol. The summed E-state index contributed by atoms with van der Waals surface area (Å²) in [4.78, 5) is 23.3. The van der Waals surface area contributed by atoms with Crippen LogP contribution in [0.25, 0.3) is 0 Å². The maximum Gasteiger partial charge on any atom is 0.343 e. The van der Waals surface area contributed by atoms with Gasteiger partial charge >= 0.3 is 5.69 Å². The van der Waals surface area contributed by atoms with Gasteiger partial charge in [0.1, 0.15) is 0 Å². The second kappa shape index (κ2) is 4.69. The van der Waals surface area contributed by atoms with Crippen LogP contribution in [0.4, 0.5) is 5.69 Å². The van der Waals surface area contributed by atoms with Gasteiger partial charge in [0.25, 0.3) is 0 Å². The molecule has 3 N–H and O–H groups in total. The zero-order chi connectivity index (χ0) is 13.3. The lowest BCUT2D eigenvalue weighted by molar-refractivity contribution is 0.101. The average Bonchev–Trinajstić information content (AvgIpc) is 2.61. The number of ketones is 1. The maximum atomic E-state index is 11.2. The summed E-state index contributed by atoms with van der Waals surface area (Å²) < 4.78 is 1.40. The Morgan fingerprint density at radius 1 is 1.50 bits per heavy atom. The number of hydrogen-bond donors (Lipinski definition) is 2. The number of carbonyl (C=O) groups is 1. The highest BCUT2D eigenvalue weighted by atomic mass is 32.2. The predicted molar refractivity (Wildman–Crippen MR) is 68.8 cm³/mol. The van der Waals surface area contributed by atoms with Gasteiger partial charge in [0.15, 0.2) is 10.9 Å². The minimum atomic E-state index is -0.272. The van der Waals surface area contributed by atoms with Crippen LogP contribution in [0.5, 0.6) is 0 Å². The molecule has 0 unspecified atom stereocenters. The molecule has 6 nitrogen and oxygen atoms in total. The number of rotatable bonds is 3. The molecule has 2 rings (SSSR count). The minimum Gasteiger partial charge on any atom is -0.398 e. The molecule has 1 aromatic heterocycles. The lowest BCUT2D eigenvalue weighted by atomic mass is 10.1. The van der Waals surface area contributed by atoms with E-state index >= 15 is 0 Å². The molecule has 0 fully saturated rings. The van der Waals surface area contributed by atoms with Crippen molar-refractivity contribution in [3.05, 3.63) is 34.2 Å². The zero-order valence-corrected chi connectivity index (χ0v) is 10.7. The summed E-state index contributed by atoms with van der Waals surface area (Å²) in [6, 6.07) is 5.14. The highest BCUT2D eigenvalue weighted by Gasteiger charge is 2.09. The fraction of sp³-hybridized carbons (Fsp3) is 0.182. The van der Waals surface area contributed by atoms with E-state index in [2.05, 4.69) is 10.2 Å². The topological polar surface area (TPSA) is 93.8 Å². The van der Waals surface area contributed by atoms with Gasteiger partial charge in [-0.15, -0.1) is 5.10 Å². The van der Waals surface area contributed by atoms with Crippen LogP contribution >= 0.6 is 11.8 Å². The molecule has 94 valence electrons. The highest BCUT2D eigenvalue weighted by molar-refractivity contribution is 7.99. The number of nitrogens with zero attached hydrogens (tertiary/aromatic N) is 2. The molecule has 0 aliphatic carbocycles. The van der Waals surface area contributed by atoms with E-state index in [0.29, 0.717) is 16.4 Å². The second-order valence-electron chi connectivity index (χ2n) is 3.78. The van der Waals surface area contributed by atoms with E-state index in [9.17, 15) is 9.59 Å². The smallest absolute Gasteiger partial charge is 0.343 e. The van der Waals surface area contributed by atoms with Crippen molar-refractivity contribution in [2.24, 2.45) is 7.05 Å². The van der Waals surface area contributed by atoms with Crippen molar-refractivity contribution in [3.8, 4) is 0 Å². The number of nitrogens with two attached hydrogens (primary N) is 1. The van der Waals surface area contributed by atoms with Crippen molar-refractivity contribution >= 4 is 23.2 Å². The van der Waals surface area contributed by atoms with Gasteiger partial charge in [-0.1, -0.05) is 0 Å². The van der Waals surface area contributed by atoms with E-state index in [1.54, 1.807) is 25.2 Å². The Bertz CT molecular complexity index is 659. The molecule has 0 amide bonds. The Balaban J connectivity index is 2.31. The fourth-order valence-corrected chi connectivity index (χ4v) is 2.30. The van der Waals surface area contributed by atoms with Crippen molar-refractivity contribution in [3.63, 3.8) is 0 Å². The quantitative estimate of drug-likeness (QED) is 0.638. The summed E-state index contributed by atoms with van der Waals surface area (Å²) in [5, 5.41) is 6.77. The number of Topliss-reactive ketones (excluding diaryl/α,β-unsaturated/α-hetero) is 1. The first-order valence-electron chi connectivity index (χ1n) is 5.18. The number of benzene rings is 1. The molecule has 0 radical (unpaired) electrons. The molecule has 0 spiro atoms. The van der Waals surface area contributed by atoms with Crippen molar-refractivity contribution in [2.75, 3.05) is 5.73 Å². The molecular weight excluding hydrogens is 252 g/mol. The normalized spacial score (nSPS) is 10.6. The first-order valence-corrected chi connectivity index (χ1v) is 6.00. The number of nitrogen functional groups attached to an aromatic ring is 1. The van der Waals surface area contributed by atoms with Crippen molar-refractivity contribution in [1.82, 2.24) is 14.8 Å². The molecule has 0 saturated heterocycles. The van der Waals surface area contributed by atoms with E-state index < -0.39 is 0 Å². The number of anilines is 1. The van der Waals surface area contributed by atoms with E-state index in [4.69, 9.17) is 5.73 Å². The van der Waals surface area contributed by atoms with E-state index in [0.717, 1.165) is 4.90 Å². The standard InChI is InChI=1S/C11H12N4O2S/c1-6(16)8-4-3-7(5-9(8)12)18-11-14-13-10(17)15(11)2/h3-5H,12H2,1-2H3,(H,13,17). The number of H-pyrrole nitrogens is 1. The van der Waals surface area contributed by atoms with Crippen LogP contribution in [-0.4, -0.2) is 20.5 Å². The van der Waals surface area contributed by atoms with Gasteiger partial charge < -0.3 is 5.73 Å². The summed E-state index contributed by atoms with van der Waals surface area (Å²) in [6.45, 7) is 1.47. The molecular formula is C11H12N4O2S. The van der Waals surface area contributed by atoms with E-state index in [1.807, 2.05) is 0 Å². The summed E-state index contributed by atoms with van der Waals surface area (Å²) >= 11 is 1.30. The predicted octanol–water partition coefficient (Wildman–Crippen LogP) is 1.04. The van der Waals surface area contributed by atoms with Gasteiger partial charge in [0.05, 0.1) is 0 Å². The Kier molecular flexibility index (Phi) is 3.24. The summed E-state index contributed by atoms with van der Waals surface area (Å²) in [5.41, 5.74) is 6.44. The lowest BCUT2D eigenvalue weighted by Crippen LogP contribution is -2.12. The number of nitrogens with one attached hydrogen (secondary N) is 1. The SMILES string of the molecule is CC(=O)c1ccc(Sc2n[nH]c(=O)n2C)cc1N. The second-order valence-corrected chi connectivity index (χ2v) is 4.82. The van der Waals surface area contributed by atoms with Gasteiger partial charge in [0, 0.05) is 23.2 Å². The molecule has 2 aromatic rings. The Hall–Kier alpha value is -2.02. The van der Waals surface area contributed by atoms with E-state index in [-0.39, 0.29) is 11.5 Å². The number of carbonyl (C=O) groups excluding carboxylic acids is 1. The van der Waals surface area contributed by atoms with Crippen LogP contribution in [-0.2, 0) is 7.05 Å².